The number of rotatable bonds is 12. The summed E-state index contributed by atoms with van der Waals surface area (Å²) in [6.45, 7) is 24.2. The van der Waals surface area contributed by atoms with Gasteiger partial charge in [0.05, 0.1) is 6.04 Å². The van der Waals surface area contributed by atoms with E-state index < -0.39 is 6.04 Å². The highest BCUT2D eigenvalue weighted by molar-refractivity contribution is 5.82. The van der Waals surface area contributed by atoms with E-state index in [2.05, 4.69) is 65.6 Å². The Balaban J connectivity index is 1.83. The normalized spacial score (nSPS) is 39.0. The number of nitrogens with zero attached hydrogens (tertiary/aromatic N) is 1. The van der Waals surface area contributed by atoms with Crippen molar-refractivity contribution in [2.24, 2.45) is 69.6 Å². The van der Waals surface area contributed by atoms with Crippen molar-refractivity contribution in [3.8, 4) is 0 Å². The maximum absolute atomic E-state index is 13.4. The van der Waals surface area contributed by atoms with E-state index in [4.69, 9.17) is 11.5 Å². The van der Waals surface area contributed by atoms with E-state index in [-0.39, 0.29) is 34.4 Å². The van der Waals surface area contributed by atoms with Crippen LogP contribution in [-0.4, -0.2) is 54.9 Å². The number of ketones is 1. The summed E-state index contributed by atoms with van der Waals surface area (Å²) in [5.74, 6) is 3.58. The third kappa shape index (κ3) is 6.97. The second-order valence-corrected chi connectivity index (χ2v) is 15.4. The topological polar surface area (TPSA) is 101 Å². The Bertz CT molecular complexity index is 857. The summed E-state index contributed by atoms with van der Waals surface area (Å²) in [5, 5.41) is 3.15. The molecule has 3 rings (SSSR count). The summed E-state index contributed by atoms with van der Waals surface area (Å²) in [6.07, 6.45) is 7.47. The molecule has 232 valence electrons. The van der Waals surface area contributed by atoms with Gasteiger partial charge < -0.3 is 26.5 Å². The molecule has 0 aromatic carbocycles. The van der Waals surface area contributed by atoms with Crippen LogP contribution < -0.4 is 16.8 Å². The van der Waals surface area contributed by atoms with E-state index >= 15 is 0 Å². The Morgan fingerprint density at radius 2 is 1.73 bits per heavy atom. The van der Waals surface area contributed by atoms with Crippen LogP contribution in [0.2, 0.25) is 0 Å². The Morgan fingerprint density at radius 3 is 2.33 bits per heavy atom. The minimum absolute atomic E-state index is 0.0439. The van der Waals surface area contributed by atoms with Gasteiger partial charge >= 0.3 is 0 Å². The van der Waals surface area contributed by atoms with Gasteiger partial charge in [-0.05, 0) is 117 Å². The van der Waals surface area contributed by atoms with Crippen LogP contribution >= 0.6 is 0 Å². The van der Waals surface area contributed by atoms with Gasteiger partial charge in [-0.15, -0.1) is 0 Å². The first kappa shape index (κ1) is 33.5. The van der Waals surface area contributed by atoms with Gasteiger partial charge in [-0.1, -0.05) is 55.4 Å². The molecule has 0 radical (unpaired) electrons. The zero-order valence-corrected chi connectivity index (χ0v) is 27.5. The number of carbonyl (C=O) groups excluding carboxylic acids is 2. The number of amides is 1. The van der Waals surface area contributed by atoms with Crippen molar-refractivity contribution in [1.29, 1.82) is 0 Å². The summed E-state index contributed by atoms with van der Waals surface area (Å²) in [7, 11) is 0. The lowest BCUT2D eigenvalue weighted by atomic mass is 9.43. The van der Waals surface area contributed by atoms with Gasteiger partial charge in [-0.2, -0.15) is 0 Å². The van der Waals surface area contributed by atoms with E-state index in [1.165, 1.54) is 19.3 Å². The molecule has 0 saturated heterocycles. The molecule has 0 aliphatic heterocycles. The predicted molar refractivity (Wildman–Crippen MR) is 167 cm³/mol. The summed E-state index contributed by atoms with van der Waals surface area (Å²) < 4.78 is 0. The Hall–Kier alpha value is -0.980. The molecule has 6 nitrogen and oxygen atoms in total. The Labute approximate surface area is 246 Å². The number of nitrogens with one attached hydrogen (secondary N) is 1. The largest absolute Gasteiger partial charge is 0.353 e. The molecular formula is C34H64N4O2. The van der Waals surface area contributed by atoms with Crippen molar-refractivity contribution in [3.63, 3.8) is 0 Å². The van der Waals surface area contributed by atoms with Crippen LogP contribution in [0.1, 0.15) is 107 Å². The number of hydrogen-bond donors (Lipinski definition) is 3. The molecule has 1 amide bonds. The van der Waals surface area contributed by atoms with Crippen molar-refractivity contribution in [1.82, 2.24) is 10.2 Å². The van der Waals surface area contributed by atoms with Crippen molar-refractivity contribution in [2.75, 3.05) is 26.2 Å². The number of likely N-dealkylation sites (N-methyl/N-ethyl adjacent to an activating group) is 1. The number of carbonyl (C=O) groups is 2. The van der Waals surface area contributed by atoms with Crippen molar-refractivity contribution in [2.45, 2.75) is 119 Å². The first-order chi connectivity index (χ1) is 18.7. The third-order valence-electron chi connectivity index (χ3n) is 12.4. The maximum Gasteiger partial charge on any atom is 0.237 e. The minimum Gasteiger partial charge on any atom is -0.353 e. The standard InChI is InChI=1S/C34H64N4O2/c1-10-38(11-2)17-16-37-32(40)30(36)29-25(20-23(5)39)18-21(3)26(29)19-22(4)31-33(7,8)14-12-27-24(6)28(35)13-15-34(27,31)9/h21-22,24-31H,10-20,35-36H2,1-9H3,(H,37,40)/t21?,22?,24-,25?,26?,27?,28?,29?,30?,31?,34?/m0/s1. The fraction of sp³-hybridized carbons (Fsp3) is 0.941. The average molecular weight is 561 g/mol. The average Bonchev–Trinajstić information content (AvgIpc) is 3.16. The molecule has 6 heteroatoms. The van der Waals surface area contributed by atoms with Gasteiger partial charge in [-0.3, -0.25) is 4.79 Å². The molecule has 3 saturated carbocycles. The van der Waals surface area contributed by atoms with Crippen molar-refractivity contribution >= 4 is 11.7 Å². The van der Waals surface area contributed by atoms with Crippen LogP contribution in [0.15, 0.2) is 0 Å². The lowest BCUT2D eigenvalue weighted by Crippen LogP contribution is -2.57. The Morgan fingerprint density at radius 1 is 1.07 bits per heavy atom. The van der Waals surface area contributed by atoms with E-state index in [0.29, 0.717) is 54.5 Å². The quantitative estimate of drug-likeness (QED) is 0.293. The fourth-order valence-corrected chi connectivity index (χ4v) is 10.6. The van der Waals surface area contributed by atoms with Crippen LogP contribution in [0.3, 0.4) is 0 Å². The lowest BCUT2D eigenvalue weighted by molar-refractivity contribution is -0.128. The molecule has 3 aliphatic rings. The molecule has 11 atom stereocenters. The second kappa shape index (κ2) is 13.5. The van der Waals surface area contributed by atoms with Gasteiger partial charge in [0.2, 0.25) is 5.91 Å². The van der Waals surface area contributed by atoms with Gasteiger partial charge in [0.15, 0.2) is 0 Å². The van der Waals surface area contributed by atoms with Crippen LogP contribution in [0.4, 0.5) is 0 Å². The van der Waals surface area contributed by atoms with Crippen LogP contribution in [0.25, 0.3) is 0 Å². The molecule has 0 bridgehead atoms. The zero-order valence-electron chi connectivity index (χ0n) is 27.5. The smallest absolute Gasteiger partial charge is 0.237 e. The zero-order chi connectivity index (χ0) is 30.0. The van der Waals surface area contributed by atoms with Crippen molar-refractivity contribution < 1.29 is 9.59 Å². The number of fused-ring (bicyclic) bond motifs is 1. The molecule has 40 heavy (non-hydrogen) atoms. The summed E-state index contributed by atoms with van der Waals surface area (Å²) in [6, 6.07) is -0.251. The third-order valence-corrected chi connectivity index (χ3v) is 12.4. The van der Waals surface area contributed by atoms with Crippen LogP contribution in [-0.2, 0) is 9.59 Å². The molecule has 0 aromatic rings. The maximum atomic E-state index is 13.4. The van der Waals surface area contributed by atoms with E-state index in [1.54, 1.807) is 6.92 Å². The summed E-state index contributed by atoms with van der Waals surface area (Å²) in [5.41, 5.74) is 14.0. The monoisotopic (exact) mass is 561 g/mol. The molecule has 0 spiro atoms. The molecule has 0 heterocycles. The Kier molecular flexibility index (Phi) is 11.4. The van der Waals surface area contributed by atoms with Gasteiger partial charge in [0.25, 0.3) is 0 Å². The van der Waals surface area contributed by atoms with Crippen LogP contribution in [0.5, 0.6) is 0 Å². The summed E-state index contributed by atoms with van der Waals surface area (Å²) in [4.78, 5) is 28.0. The van der Waals surface area contributed by atoms with Crippen molar-refractivity contribution in [3.05, 3.63) is 0 Å². The molecule has 0 aromatic heterocycles. The molecular weight excluding hydrogens is 496 g/mol. The van der Waals surface area contributed by atoms with E-state index in [0.717, 1.165) is 38.9 Å². The molecule has 10 unspecified atom stereocenters. The SMILES string of the molecule is CCN(CC)CCNC(=O)C(N)C1C(CC(C)=O)CC(C)C1CC(C)C1C(C)(C)CCC2[C@H](C)C(N)CCC21C. The highest BCUT2D eigenvalue weighted by Gasteiger charge is 2.57. The molecule has 5 N–H and O–H groups in total. The number of nitrogens with two attached hydrogens (primary N) is 2. The number of Topliss-reactive ketones (excluding diaryl/α,β-unsaturated/α-hetero) is 1. The highest BCUT2D eigenvalue weighted by Crippen LogP contribution is 2.64. The summed E-state index contributed by atoms with van der Waals surface area (Å²) >= 11 is 0. The van der Waals surface area contributed by atoms with E-state index in [9.17, 15) is 9.59 Å². The predicted octanol–water partition coefficient (Wildman–Crippen LogP) is 5.48. The van der Waals surface area contributed by atoms with Gasteiger partial charge in [0.1, 0.15) is 5.78 Å². The fourth-order valence-electron chi connectivity index (χ4n) is 10.6. The molecule has 3 fully saturated rings. The first-order valence-corrected chi connectivity index (χ1v) is 16.7. The second-order valence-electron chi connectivity index (χ2n) is 15.4. The van der Waals surface area contributed by atoms with Gasteiger partial charge in [0, 0.05) is 25.6 Å². The highest BCUT2D eigenvalue weighted by atomic mass is 16.2. The minimum atomic E-state index is -0.571. The van der Waals surface area contributed by atoms with Gasteiger partial charge in [-0.25, -0.2) is 0 Å². The molecule has 3 aliphatic carbocycles. The van der Waals surface area contributed by atoms with Crippen LogP contribution in [0, 0.1) is 58.2 Å². The lowest BCUT2D eigenvalue weighted by Gasteiger charge is -2.62. The first-order valence-electron chi connectivity index (χ1n) is 16.7. The number of hydrogen-bond acceptors (Lipinski definition) is 5. The van der Waals surface area contributed by atoms with E-state index in [1.807, 2.05) is 0 Å².